The van der Waals surface area contributed by atoms with Gasteiger partial charge in [-0.1, -0.05) is 24.3 Å². The lowest BCUT2D eigenvalue weighted by atomic mass is 10.1. The van der Waals surface area contributed by atoms with Gasteiger partial charge in [-0.15, -0.1) is 0 Å². The molecule has 0 atom stereocenters. The molecule has 0 spiro atoms. The topological polar surface area (TPSA) is 79.8 Å². The maximum absolute atomic E-state index is 12.1. The Hall–Kier alpha value is -3.87. The van der Waals surface area contributed by atoms with Crippen molar-refractivity contribution in [3.63, 3.8) is 0 Å². The summed E-state index contributed by atoms with van der Waals surface area (Å²) < 4.78 is 21.5. The van der Waals surface area contributed by atoms with Gasteiger partial charge >= 0.3 is 5.97 Å². The van der Waals surface area contributed by atoms with Crippen LogP contribution in [0.1, 0.15) is 5.56 Å². The highest BCUT2D eigenvalue weighted by molar-refractivity contribution is 6.17. The summed E-state index contributed by atoms with van der Waals surface area (Å²) in [7, 11) is 2.77. The summed E-state index contributed by atoms with van der Waals surface area (Å²) >= 11 is 0. The SMILES string of the molecule is CO/C=C(/C(=O)OC)c1ccccc1Oc1cccc(Oc2ccncn2)c1. The van der Waals surface area contributed by atoms with E-state index in [-0.39, 0.29) is 5.57 Å². The van der Waals surface area contributed by atoms with Gasteiger partial charge in [0, 0.05) is 23.9 Å². The zero-order valence-corrected chi connectivity index (χ0v) is 15.4. The molecule has 7 heteroatoms. The fraction of sp³-hybridized carbons (Fsp3) is 0.0952. The highest BCUT2D eigenvalue weighted by Crippen LogP contribution is 2.33. The molecule has 0 aliphatic carbocycles. The Kier molecular flexibility index (Phi) is 6.20. The molecule has 7 nitrogen and oxygen atoms in total. The molecular weight excluding hydrogens is 360 g/mol. The van der Waals surface area contributed by atoms with E-state index in [0.717, 1.165) is 0 Å². The van der Waals surface area contributed by atoms with Gasteiger partial charge in [-0.25, -0.2) is 14.8 Å². The molecule has 0 saturated carbocycles. The summed E-state index contributed by atoms with van der Waals surface area (Å²) in [6, 6.07) is 15.8. The van der Waals surface area contributed by atoms with Crippen LogP contribution in [-0.4, -0.2) is 30.2 Å². The largest absolute Gasteiger partial charge is 0.503 e. The summed E-state index contributed by atoms with van der Waals surface area (Å²) in [5.41, 5.74) is 0.785. The summed E-state index contributed by atoms with van der Waals surface area (Å²) in [6.07, 6.45) is 4.32. The fourth-order valence-electron chi connectivity index (χ4n) is 2.42. The smallest absolute Gasteiger partial charge is 0.341 e. The van der Waals surface area contributed by atoms with Crippen molar-refractivity contribution < 1.29 is 23.7 Å². The Balaban J connectivity index is 1.87. The number of carbonyl (C=O) groups excluding carboxylic acids is 1. The Labute approximate surface area is 162 Å². The number of rotatable bonds is 7. The molecule has 142 valence electrons. The van der Waals surface area contributed by atoms with Crippen LogP contribution >= 0.6 is 0 Å². The maximum Gasteiger partial charge on any atom is 0.341 e. The van der Waals surface area contributed by atoms with Gasteiger partial charge in [0.05, 0.1) is 20.5 Å². The molecule has 0 fully saturated rings. The van der Waals surface area contributed by atoms with Gasteiger partial charge in [0.25, 0.3) is 0 Å². The molecule has 28 heavy (non-hydrogen) atoms. The Morgan fingerprint density at radius 1 is 0.964 bits per heavy atom. The van der Waals surface area contributed by atoms with Crippen LogP contribution in [0.4, 0.5) is 0 Å². The lowest BCUT2D eigenvalue weighted by Gasteiger charge is -2.13. The molecule has 0 saturated heterocycles. The van der Waals surface area contributed by atoms with Crippen LogP contribution in [0.15, 0.2) is 73.4 Å². The van der Waals surface area contributed by atoms with E-state index in [1.165, 1.54) is 26.8 Å². The lowest BCUT2D eigenvalue weighted by molar-refractivity contribution is -0.133. The third kappa shape index (κ3) is 4.64. The first-order valence-corrected chi connectivity index (χ1v) is 8.33. The van der Waals surface area contributed by atoms with Crippen molar-refractivity contribution >= 4 is 11.5 Å². The van der Waals surface area contributed by atoms with Crippen LogP contribution in [0.2, 0.25) is 0 Å². The van der Waals surface area contributed by atoms with Gasteiger partial charge in [-0.05, 0) is 18.2 Å². The number of nitrogens with zero attached hydrogens (tertiary/aromatic N) is 2. The van der Waals surface area contributed by atoms with E-state index in [0.29, 0.717) is 28.7 Å². The van der Waals surface area contributed by atoms with Crippen molar-refractivity contribution in [2.75, 3.05) is 14.2 Å². The van der Waals surface area contributed by atoms with Gasteiger partial charge in [0.15, 0.2) is 0 Å². The number of ether oxygens (including phenoxy) is 4. The Bertz CT molecular complexity index is 973. The van der Waals surface area contributed by atoms with Crippen molar-refractivity contribution in [2.45, 2.75) is 0 Å². The molecular formula is C21H18N2O5. The van der Waals surface area contributed by atoms with Crippen LogP contribution < -0.4 is 9.47 Å². The molecule has 3 aromatic rings. The predicted octanol–water partition coefficient (Wildman–Crippen LogP) is 4.22. The summed E-state index contributed by atoms with van der Waals surface area (Å²) in [5, 5.41) is 0. The Morgan fingerprint density at radius 3 is 2.46 bits per heavy atom. The Morgan fingerprint density at radius 2 is 1.75 bits per heavy atom. The number of benzene rings is 2. The quantitative estimate of drug-likeness (QED) is 0.346. The van der Waals surface area contributed by atoms with Crippen LogP contribution in [-0.2, 0) is 14.3 Å². The monoisotopic (exact) mass is 378 g/mol. The predicted molar refractivity (Wildman–Crippen MR) is 102 cm³/mol. The molecule has 0 N–H and O–H groups in total. The normalized spacial score (nSPS) is 10.9. The fourth-order valence-corrected chi connectivity index (χ4v) is 2.42. The third-order valence-corrected chi connectivity index (χ3v) is 3.63. The zero-order chi connectivity index (χ0) is 19.8. The summed E-state index contributed by atoms with van der Waals surface area (Å²) in [4.78, 5) is 20.0. The van der Waals surface area contributed by atoms with Gasteiger partial charge < -0.3 is 18.9 Å². The maximum atomic E-state index is 12.1. The average Bonchev–Trinajstić information content (AvgIpc) is 2.73. The molecule has 0 unspecified atom stereocenters. The van der Waals surface area contributed by atoms with E-state index < -0.39 is 5.97 Å². The van der Waals surface area contributed by atoms with Crippen LogP contribution in [0.3, 0.4) is 0 Å². The minimum atomic E-state index is -0.529. The van der Waals surface area contributed by atoms with Crippen molar-refractivity contribution in [1.82, 2.24) is 9.97 Å². The van der Waals surface area contributed by atoms with E-state index >= 15 is 0 Å². The number of carbonyl (C=O) groups is 1. The van der Waals surface area contributed by atoms with E-state index in [2.05, 4.69) is 9.97 Å². The summed E-state index contributed by atoms with van der Waals surface area (Å²) in [5.74, 6) is 1.44. The second-order valence-corrected chi connectivity index (χ2v) is 5.48. The number of hydrogen-bond acceptors (Lipinski definition) is 7. The van der Waals surface area contributed by atoms with Crippen LogP contribution in [0.25, 0.3) is 5.57 Å². The summed E-state index contributed by atoms with van der Waals surface area (Å²) in [6.45, 7) is 0. The molecule has 0 aliphatic rings. The van der Waals surface area contributed by atoms with Gasteiger partial charge in [0.1, 0.15) is 29.1 Å². The molecule has 0 radical (unpaired) electrons. The zero-order valence-electron chi connectivity index (χ0n) is 15.4. The third-order valence-electron chi connectivity index (χ3n) is 3.63. The molecule has 1 heterocycles. The minimum Gasteiger partial charge on any atom is -0.503 e. The van der Waals surface area contributed by atoms with E-state index in [1.54, 1.807) is 54.7 Å². The first kappa shape index (κ1) is 18.9. The van der Waals surface area contributed by atoms with Gasteiger partial charge in [-0.3, -0.25) is 0 Å². The number of hydrogen-bond donors (Lipinski definition) is 0. The second-order valence-electron chi connectivity index (χ2n) is 5.48. The minimum absolute atomic E-state index is 0.244. The van der Waals surface area contributed by atoms with Gasteiger partial charge in [0.2, 0.25) is 5.88 Å². The van der Waals surface area contributed by atoms with Crippen LogP contribution in [0, 0.1) is 0 Å². The van der Waals surface area contributed by atoms with Crippen molar-refractivity contribution in [3.05, 3.63) is 78.9 Å². The van der Waals surface area contributed by atoms with Gasteiger partial charge in [-0.2, -0.15) is 0 Å². The second kappa shape index (κ2) is 9.18. The molecule has 2 aromatic carbocycles. The molecule has 0 aliphatic heterocycles. The first-order chi connectivity index (χ1) is 13.7. The number of para-hydroxylation sites is 1. The van der Waals surface area contributed by atoms with Crippen molar-refractivity contribution in [3.8, 4) is 23.1 Å². The lowest BCUT2D eigenvalue weighted by Crippen LogP contribution is -2.05. The molecule has 3 rings (SSSR count). The van der Waals surface area contributed by atoms with E-state index in [9.17, 15) is 4.79 Å². The first-order valence-electron chi connectivity index (χ1n) is 8.33. The molecule has 1 aromatic heterocycles. The number of esters is 1. The van der Waals surface area contributed by atoms with E-state index in [1.807, 2.05) is 6.07 Å². The van der Waals surface area contributed by atoms with E-state index in [4.69, 9.17) is 18.9 Å². The highest BCUT2D eigenvalue weighted by atomic mass is 16.5. The van der Waals surface area contributed by atoms with Crippen LogP contribution in [0.5, 0.6) is 23.1 Å². The molecule has 0 amide bonds. The van der Waals surface area contributed by atoms with Crippen molar-refractivity contribution in [2.24, 2.45) is 0 Å². The van der Waals surface area contributed by atoms with Crippen molar-refractivity contribution in [1.29, 1.82) is 0 Å². The standard InChI is InChI=1S/C21H18N2O5/c1-25-13-18(21(24)26-2)17-8-3-4-9-19(17)27-15-6-5-7-16(12-15)28-20-10-11-22-14-23-20/h3-14H,1-2H3/b18-13+. The number of methoxy groups -OCH3 is 2. The highest BCUT2D eigenvalue weighted by Gasteiger charge is 2.18. The molecule has 0 bridgehead atoms. The number of aromatic nitrogens is 2. The average molecular weight is 378 g/mol.